The molecule has 6 heteroatoms. The Morgan fingerprint density at radius 1 is 1.22 bits per heavy atom. The molecule has 0 aliphatic heterocycles. The second-order valence-electron chi connectivity index (χ2n) is 3.79. The van der Waals surface area contributed by atoms with E-state index >= 15 is 0 Å². The molecule has 2 heterocycles. The lowest BCUT2D eigenvalue weighted by atomic mass is 10.2. The minimum Gasteiger partial charge on any atom is -0.332 e. The van der Waals surface area contributed by atoms with E-state index < -0.39 is 0 Å². The topological polar surface area (TPSA) is 56.7 Å². The molecule has 0 fully saturated rings. The molecule has 0 unspecified atom stereocenters. The molecule has 3 rings (SSSR count). The summed E-state index contributed by atoms with van der Waals surface area (Å²) >= 11 is 2.20. The lowest BCUT2D eigenvalue weighted by molar-refractivity contribution is 0.430. The fourth-order valence-electron chi connectivity index (χ4n) is 1.63. The van der Waals surface area contributed by atoms with Crippen LogP contribution in [0.2, 0.25) is 0 Å². The average molecular weight is 352 g/mol. The fourth-order valence-corrected chi connectivity index (χ4v) is 2.37. The van der Waals surface area contributed by atoms with Crippen LogP contribution >= 0.6 is 22.6 Å². The van der Waals surface area contributed by atoms with Crippen LogP contribution in [0.4, 0.5) is 0 Å². The summed E-state index contributed by atoms with van der Waals surface area (Å²) < 4.78 is 7.97. The van der Waals surface area contributed by atoms with E-state index in [2.05, 4.69) is 37.8 Å². The summed E-state index contributed by atoms with van der Waals surface area (Å²) in [5.74, 6) is 1.02. The van der Waals surface area contributed by atoms with Gasteiger partial charge in [-0.1, -0.05) is 35.5 Å². The van der Waals surface area contributed by atoms with Crippen molar-refractivity contribution in [3.8, 4) is 23.0 Å². The first kappa shape index (κ1) is 11.4. The first-order chi connectivity index (χ1) is 8.74. The number of benzene rings is 1. The molecule has 0 atom stereocenters. The largest absolute Gasteiger partial charge is 0.332 e. The molecule has 0 bridgehead atoms. The molecule has 0 spiro atoms. The van der Waals surface area contributed by atoms with Crippen LogP contribution in [0.15, 0.2) is 41.1 Å². The quantitative estimate of drug-likeness (QED) is 0.666. The number of nitrogens with zero attached hydrogens (tertiary/aromatic N) is 4. The Labute approximate surface area is 117 Å². The second-order valence-corrected chi connectivity index (χ2v) is 4.95. The van der Waals surface area contributed by atoms with E-state index in [9.17, 15) is 0 Å². The normalized spacial score (nSPS) is 10.8. The predicted molar refractivity (Wildman–Crippen MR) is 74.7 cm³/mol. The van der Waals surface area contributed by atoms with Gasteiger partial charge in [-0.15, -0.1) is 0 Å². The van der Waals surface area contributed by atoms with E-state index in [1.54, 1.807) is 4.68 Å². The van der Waals surface area contributed by atoms with Crippen molar-refractivity contribution < 1.29 is 4.52 Å². The standard InChI is InChI=1S/C12H9IN4O/c1-17-7-9(13)10(15-17)12-14-11(16-18-12)8-5-3-2-4-6-8/h2-7H,1H3. The van der Waals surface area contributed by atoms with Crippen molar-refractivity contribution in [3.63, 3.8) is 0 Å². The van der Waals surface area contributed by atoms with Crippen molar-refractivity contribution in [1.82, 2.24) is 19.9 Å². The lowest BCUT2D eigenvalue weighted by Crippen LogP contribution is -1.88. The second kappa shape index (κ2) is 4.52. The molecule has 3 aromatic rings. The van der Waals surface area contributed by atoms with Crippen LogP contribution < -0.4 is 0 Å². The van der Waals surface area contributed by atoms with Gasteiger partial charge in [-0.25, -0.2) is 0 Å². The summed E-state index contributed by atoms with van der Waals surface area (Å²) in [6, 6.07) is 9.72. The van der Waals surface area contributed by atoms with E-state index in [0.717, 1.165) is 9.13 Å². The first-order valence-corrected chi connectivity index (χ1v) is 6.40. The highest BCUT2D eigenvalue weighted by Crippen LogP contribution is 2.24. The van der Waals surface area contributed by atoms with Gasteiger partial charge in [0.2, 0.25) is 5.82 Å². The molecule has 0 aliphatic rings. The maximum absolute atomic E-state index is 5.26. The maximum atomic E-state index is 5.26. The predicted octanol–water partition coefficient (Wildman–Crippen LogP) is 2.74. The van der Waals surface area contributed by atoms with Crippen LogP contribution in [0.1, 0.15) is 0 Å². The fraction of sp³-hybridized carbons (Fsp3) is 0.0833. The van der Waals surface area contributed by atoms with Gasteiger partial charge in [-0.05, 0) is 22.6 Å². The molecule has 0 aliphatic carbocycles. The Kier molecular flexibility index (Phi) is 2.86. The van der Waals surface area contributed by atoms with Gasteiger partial charge in [-0.2, -0.15) is 10.1 Å². The smallest absolute Gasteiger partial charge is 0.279 e. The molecule has 1 aromatic carbocycles. The number of aryl methyl sites for hydroxylation is 1. The number of aromatic nitrogens is 4. The average Bonchev–Trinajstić information content (AvgIpc) is 2.97. The summed E-state index contributed by atoms with van der Waals surface area (Å²) in [7, 11) is 1.86. The molecular weight excluding hydrogens is 343 g/mol. The number of rotatable bonds is 2. The minimum atomic E-state index is 0.443. The monoisotopic (exact) mass is 352 g/mol. The Hall–Kier alpha value is -1.70. The van der Waals surface area contributed by atoms with Crippen LogP contribution in [0.5, 0.6) is 0 Å². The van der Waals surface area contributed by atoms with Gasteiger partial charge < -0.3 is 4.52 Å². The van der Waals surface area contributed by atoms with Gasteiger partial charge >= 0.3 is 0 Å². The Morgan fingerprint density at radius 3 is 2.67 bits per heavy atom. The number of hydrogen-bond donors (Lipinski definition) is 0. The highest BCUT2D eigenvalue weighted by atomic mass is 127. The third kappa shape index (κ3) is 2.03. The zero-order valence-corrected chi connectivity index (χ0v) is 11.7. The van der Waals surface area contributed by atoms with Crippen molar-refractivity contribution in [1.29, 1.82) is 0 Å². The highest BCUT2D eigenvalue weighted by molar-refractivity contribution is 14.1. The summed E-state index contributed by atoms with van der Waals surface area (Å²) in [5, 5.41) is 8.27. The molecule has 0 amide bonds. The maximum Gasteiger partial charge on any atom is 0.279 e. The molecule has 2 aromatic heterocycles. The molecular formula is C12H9IN4O. The summed E-state index contributed by atoms with van der Waals surface area (Å²) in [4.78, 5) is 4.37. The van der Waals surface area contributed by atoms with Crippen LogP contribution in [0.25, 0.3) is 23.0 Å². The molecule has 5 nitrogen and oxygen atoms in total. The zero-order chi connectivity index (χ0) is 12.5. The van der Waals surface area contributed by atoms with Gasteiger partial charge in [0.15, 0.2) is 5.69 Å². The third-order valence-electron chi connectivity index (χ3n) is 2.44. The SMILES string of the molecule is Cn1cc(I)c(-c2nc(-c3ccccc3)no2)n1. The van der Waals surface area contributed by atoms with E-state index in [1.807, 2.05) is 43.6 Å². The molecule has 0 N–H and O–H groups in total. The number of halogens is 1. The van der Waals surface area contributed by atoms with Gasteiger partial charge in [-0.3, -0.25) is 4.68 Å². The van der Waals surface area contributed by atoms with E-state index in [-0.39, 0.29) is 0 Å². The van der Waals surface area contributed by atoms with Crippen molar-refractivity contribution in [2.45, 2.75) is 0 Å². The lowest BCUT2D eigenvalue weighted by Gasteiger charge is -1.90. The molecule has 18 heavy (non-hydrogen) atoms. The molecule has 0 radical (unpaired) electrons. The molecule has 90 valence electrons. The van der Waals surface area contributed by atoms with Crippen molar-refractivity contribution in [2.75, 3.05) is 0 Å². The van der Waals surface area contributed by atoms with E-state index in [1.165, 1.54) is 0 Å². The van der Waals surface area contributed by atoms with E-state index in [4.69, 9.17) is 4.52 Å². The van der Waals surface area contributed by atoms with E-state index in [0.29, 0.717) is 17.4 Å². The Morgan fingerprint density at radius 2 is 2.00 bits per heavy atom. The van der Waals surface area contributed by atoms with Gasteiger partial charge in [0.1, 0.15) is 0 Å². The Bertz CT molecular complexity index is 674. The van der Waals surface area contributed by atoms with Crippen LogP contribution in [0, 0.1) is 3.57 Å². The van der Waals surface area contributed by atoms with Crippen LogP contribution in [0.3, 0.4) is 0 Å². The van der Waals surface area contributed by atoms with Crippen molar-refractivity contribution in [3.05, 3.63) is 40.1 Å². The minimum absolute atomic E-state index is 0.443. The molecule has 0 saturated heterocycles. The van der Waals surface area contributed by atoms with Crippen LogP contribution in [-0.2, 0) is 7.05 Å². The summed E-state index contributed by atoms with van der Waals surface area (Å²) in [6.45, 7) is 0. The van der Waals surface area contributed by atoms with Crippen molar-refractivity contribution in [2.24, 2.45) is 7.05 Å². The van der Waals surface area contributed by atoms with Gasteiger partial charge in [0.05, 0.1) is 3.57 Å². The highest BCUT2D eigenvalue weighted by Gasteiger charge is 2.16. The third-order valence-corrected chi connectivity index (χ3v) is 3.23. The van der Waals surface area contributed by atoms with Crippen LogP contribution in [-0.4, -0.2) is 19.9 Å². The Balaban J connectivity index is 2.02. The first-order valence-electron chi connectivity index (χ1n) is 5.32. The zero-order valence-electron chi connectivity index (χ0n) is 9.54. The van der Waals surface area contributed by atoms with Crippen molar-refractivity contribution >= 4 is 22.6 Å². The van der Waals surface area contributed by atoms with Gasteiger partial charge in [0, 0.05) is 18.8 Å². The summed E-state index contributed by atoms with van der Waals surface area (Å²) in [5.41, 5.74) is 1.64. The number of hydrogen-bond acceptors (Lipinski definition) is 4. The summed E-state index contributed by atoms with van der Waals surface area (Å²) in [6.07, 6.45) is 1.91. The van der Waals surface area contributed by atoms with Gasteiger partial charge in [0.25, 0.3) is 5.89 Å². The molecule has 0 saturated carbocycles.